The molecule has 0 aromatic heterocycles. The summed E-state index contributed by atoms with van der Waals surface area (Å²) in [7, 11) is 0. The summed E-state index contributed by atoms with van der Waals surface area (Å²) in [6.45, 7) is 1.19. The van der Waals surface area contributed by atoms with E-state index in [4.69, 9.17) is 17.5 Å². The van der Waals surface area contributed by atoms with Gasteiger partial charge in [0.15, 0.2) is 5.11 Å². The Balaban J connectivity index is 1.84. The number of amides is 1. The summed E-state index contributed by atoms with van der Waals surface area (Å²) in [5.41, 5.74) is 2.33. The number of nitrogens with one attached hydrogen (secondary N) is 1. The number of carbonyl (C=O) groups is 1. The number of aryl methyl sites for hydroxylation is 1. The van der Waals surface area contributed by atoms with Crippen molar-refractivity contribution in [3.63, 3.8) is 0 Å². The minimum atomic E-state index is -0.0967. The molecule has 1 amide bonds. The van der Waals surface area contributed by atoms with Crippen LogP contribution < -0.4 is 5.32 Å². The number of benzene rings is 2. The van der Waals surface area contributed by atoms with E-state index in [9.17, 15) is 4.79 Å². The topological polar surface area (TPSA) is 56.1 Å². The molecule has 0 aliphatic rings. The second kappa shape index (κ2) is 11.0. The molecular formula is C21H23N3OS. The number of thiocarbonyl (C=S) groups is 1. The summed E-state index contributed by atoms with van der Waals surface area (Å²) in [6, 6.07) is 22.1. The van der Waals surface area contributed by atoms with E-state index in [1.54, 1.807) is 0 Å². The van der Waals surface area contributed by atoms with E-state index < -0.39 is 0 Å². The largest absolute Gasteiger partial charge is 0.348 e. The monoisotopic (exact) mass is 365 g/mol. The number of carbonyl (C=O) groups excluding carboxylic acids is 1. The Morgan fingerprint density at radius 2 is 1.54 bits per heavy atom. The highest BCUT2D eigenvalue weighted by molar-refractivity contribution is 7.80. The van der Waals surface area contributed by atoms with Crippen LogP contribution in [0.3, 0.4) is 0 Å². The number of hydrogen-bond acceptors (Lipinski definition) is 3. The van der Waals surface area contributed by atoms with Gasteiger partial charge in [0, 0.05) is 19.5 Å². The molecule has 0 spiro atoms. The summed E-state index contributed by atoms with van der Waals surface area (Å²) >= 11 is 5.40. The van der Waals surface area contributed by atoms with Gasteiger partial charge in [0.05, 0.1) is 12.5 Å². The highest BCUT2D eigenvalue weighted by atomic mass is 32.1. The third kappa shape index (κ3) is 7.04. The fourth-order valence-corrected chi connectivity index (χ4v) is 2.87. The van der Waals surface area contributed by atoms with Gasteiger partial charge >= 0.3 is 0 Å². The number of nitriles is 1. The first kappa shape index (κ1) is 19.6. The van der Waals surface area contributed by atoms with Gasteiger partial charge in [0.1, 0.15) is 0 Å². The number of nitrogens with zero attached hydrogens (tertiary/aromatic N) is 2. The van der Waals surface area contributed by atoms with Gasteiger partial charge in [-0.15, -0.1) is 0 Å². The maximum atomic E-state index is 12.2. The molecule has 0 heterocycles. The summed E-state index contributed by atoms with van der Waals surface area (Å²) in [4.78, 5) is 14.1. The van der Waals surface area contributed by atoms with E-state index in [-0.39, 0.29) is 5.91 Å². The van der Waals surface area contributed by atoms with Crippen molar-refractivity contribution < 1.29 is 4.79 Å². The molecule has 5 heteroatoms. The lowest BCUT2D eigenvalue weighted by atomic mass is 10.1. The lowest BCUT2D eigenvalue weighted by Crippen LogP contribution is -2.44. The third-order valence-corrected chi connectivity index (χ3v) is 4.38. The van der Waals surface area contributed by atoms with Crippen LogP contribution in [0.2, 0.25) is 0 Å². The first-order chi connectivity index (χ1) is 12.7. The van der Waals surface area contributed by atoms with Crippen LogP contribution in [-0.2, 0) is 17.6 Å². The summed E-state index contributed by atoms with van der Waals surface area (Å²) in [6.07, 6.45) is 2.24. The molecule has 0 fully saturated rings. The normalized spacial score (nSPS) is 9.96. The molecule has 2 aromatic rings. The third-order valence-electron chi connectivity index (χ3n) is 4.02. The van der Waals surface area contributed by atoms with Gasteiger partial charge in [-0.2, -0.15) is 5.26 Å². The average molecular weight is 366 g/mol. The second-order valence-electron chi connectivity index (χ2n) is 5.97. The van der Waals surface area contributed by atoms with Crippen LogP contribution in [0, 0.1) is 11.3 Å². The molecule has 0 radical (unpaired) electrons. The second-order valence-corrected chi connectivity index (χ2v) is 6.36. The molecule has 2 rings (SSSR count). The van der Waals surface area contributed by atoms with Crippen molar-refractivity contribution in [2.24, 2.45) is 0 Å². The molecule has 26 heavy (non-hydrogen) atoms. The van der Waals surface area contributed by atoms with Crippen LogP contribution in [0.15, 0.2) is 60.7 Å². The molecule has 4 nitrogen and oxygen atoms in total. The van der Waals surface area contributed by atoms with Crippen LogP contribution in [0.5, 0.6) is 0 Å². The Kier molecular flexibility index (Phi) is 8.31. The fourth-order valence-electron chi connectivity index (χ4n) is 2.57. The van der Waals surface area contributed by atoms with Crippen molar-refractivity contribution in [3.8, 4) is 6.07 Å². The predicted octanol–water partition coefficient (Wildman–Crippen LogP) is 3.48. The highest BCUT2D eigenvalue weighted by Crippen LogP contribution is 2.05. The smallest absolute Gasteiger partial charge is 0.226 e. The van der Waals surface area contributed by atoms with E-state index in [1.807, 2.05) is 53.4 Å². The van der Waals surface area contributed by atoms with E-state index >= 15 is 0 Å². The Hall–Kier alpha value is -2.71. The fraction of sp³-hybridized carbons (Fsp3) is 0.286. The summed E-state index contributed by atoms with van der Waals surface area (Å²) in [5.74, 6) is -0.0967. The maximum absolute atomic E-state index is 12.2. The first-order valence-corrected chi connectivity index (χ1v) is 9.13. The zero-order valence-electron chi connectivity index (χ0n) is 14.7. The molecule has 134 valence electrons. The zero-order chi connectivity index (χ0) is 18.6. The van der Waals surface area contributed by atoms with Gasteiger partial charge in [-0.05, 0) is 36.2 Å². The Morgan fingerprint density at radius 3 is 2.12 bits per heavy atom. The highest BCUT2D eigenvalue weighted by Gasteiger charge is 2.12. The van der Waals surface area contributed by atoms with Crippen molar-refractivity contribution in [1.29, 1.82) is 5.26 Å². The molecule has 0 aliphatic heterocycles. The predicted molar refractivity (Wildman–Crippen MR) is 107 cm³/mol. The van der Waals surface area contributed by atoms with Gasteiger partial charge in [-0.25, -0.2) is 0 Å². The molecule has 0 aliphatic carbocycles. The Labute approximate surface area is 160 Å². The van der Waals surface area contributed by atoms with E-state index in [2.05, 4.69) is 23.5 Å². The van der Waals surface area contributed by atoms with Crippen LogP contribution in [0.4, 0.5) is 0 Å². The maximum Gasteiger partial charge on any atom is 0.226 e. The van der Waals surface area contributed by atoms with Crippen LogP contribution in [-0.4, -0.2) is 29.0 Å². The van der Waals surface area contributed by atoms with Gasteiger partial charge in [-0.3, -0.25) is 4.79 Å². The zero-order valence-corrected chi connectivity index (χ0v) is 15.5. The van der Waals surface area contributed by atoms with Crippen molar-refractivity contribution >= 4 is 23.2 Å². The van der Waals surface area contributed by atoms with Crippen LogP contribution >= 0.6 is 12.2 Å². The van der Waals surface area contributed by atoms with Gasteiger partial charge < -0.3 is 10.2 Å². The quantitative estimate of drug-likeness (QED) is 0.728. The van der Waals surface area contributed by atoms with E-state index in [0.717, 1.165) is 12.0 Å². The molecule has 2 aromatic carbocycles. The Morgan fingerprint density at radius 1 is 0.962 bits per heavy atom. The summed E-state index contributed by atoms with van der Waals surface area (Å²) in [5, 5.41) is 12.1. The standard InChI is InChI=1S/C21H23N3OS/c22-15-7-16-24(17-14-19-10-5-2-6-11-19)21(26)23-20(25)13-12-18-8-3-1-4-9-18/h1-6,8-11H,7,12-14,16-17H2,(H,23,25,26). The van der Waals surface area contributed by atoms with E-state index in [1.165, 1.54) is 5.56 Å². The van der Waals surface area contributed by atoms with Crippen molar-refractivity contribution in [1.82, 2.24) is 10.2 Å². The average Bonchev–Trinajstić information content (AvgIpc) is 2.68. The molecular weight excluding hydrogens is 342 g/mol. The van der Waals surface area contributed by atoms with Crippen molar-refractivity contribution in [2.75, 3.05) is 13.1 Å². The van der Waals surface area contributed by atoms with Crippen LogP contribution in [0.1, 0.15) is 24.0 Å². The summed E-state index contributed by atoms with van der Waals surface area (Å²) < 4.78 is 0. The SMILES string of the molecule is N#CCCN(CCc1ccccc1)C(=S)NC(=O)CCc1ccccc1. The lowest BCUT2D eigenvalue weighted by molar-refractivity contribution is -0.119. The molecule has 1 N–H and O–H groups in total. The van der Waals surface area contributed by atoms with Gasteiger partial charge in [-0.1, -0.05) is 60.7 Å². The molecule has 0 atom stereocenters. The first-order valence-electron chi connectivity index (χ1n) is 8.72. The van der Waals surface area contributed by atoms with Crippen LogP contribution in [0.25, 0.3) is 0 Å². The van der Waals surface area contributed by atoms with Gasteiger partial charge in [0.2, 0.25) is 5.91 Å². The van der Waals surface area contributed by atoms with Crippen molar-refractivity contribution in [3.05, 3.63) is 71.8 Å². The van der Waals surface area contributed by atoms with E-state index in [0.29, 0.717) is 37.5 Å². The van der Waals surface area contributed by atoms with Gasteiger partial charge in [0.25, 0.3) is 0 Å². The molecule has 0 saturated carbocycles. The number of rotatable bonds is 8. The minimum Gasteiger partial charge on any atom is -0.348 e. The molecule has 0 unspecified atom stereocenters. The number of hydrogen-bond donors (Lipinski definition) is 1. The Bertz CT molecular complexity index is 741. The minimum absolute atomic E-state index is 0.0967. The molecule has 0 saturated heterocycles. The lowest BCUT2D eigenvalue weighted by Gasteiger charge is -2.24. The molecule has 0 bridgehead atoms. The van der Waals surface area contributed by atoms with Crippen molar-refractivity contribution in [2.45, 2.75) is 25.7 Å².